The van der Waals surface area contributed by atoms with Gasteiger partial charge in [0.1, 0.15) is 0 Å². The van der Waals surface area contributed by atoms with Crippen molar-refractivity contribution in [2.45, 2.75) is 6.92 Å². The maximum absolute atomic E-state index is 13.8. The highest BCUT2D eigenvalue weighted by atomic mass is 79.9. The largest absolute Gasteiger partial charge is 0.368 e. The van der Waals surface area contributed by atoms with E-state index in [0.717, 1.165) is 15.0 Å². The topological polar surface area (TPSA) is 37.0 Å². The average molecular weight is 407 g/mol. The van der Waals surface area contributed by atoms with E-state index in [1.165, 1.54) is 0 Å². The first kappa shape index (κ1) is 15.2. The summed E-state index contributed by atoms with van der Waals surface area (Å²) in [5.41, 5.74) is 0.633. The number of aromatic nitrogens is 1. The number of nitrogens with zero attached hydrogens (tertiary/aromatic N) is 1. The van der Waals surface area contributed by atoms with Crippen molar-refractivity contribution in [3.63, 3.8) is 0 Å². The number of pyridine rings is 1. The number of halogens is 4. The van der Waals surface area contributed by atoms with Gasteiger partial charge in [0.2, 0.25) is 0 Å². The van der Waals surface area contributed by atoms with Crippen molar-refractivity contribution in [2.24, 2.45) is 0 Å². The van der Waals surface area contributed by atoms with Gasteiger partial charge in [0.05, 0.1) is 5.69 Å². The minimum absolute atomic E-state index is 0.0182. The average Bonchev–Trinajstić information content (AvgIpc) is 2.38. The van der Waals surface area contributed by atoms with Gasteiger partial charge in [-0.15, -0.1) is 0 Å². The molecule has 0 aliphatic rings. The minimum atomic E-state index is -0.751. The monoisotopic (exact) mass is 405 g/mol. The Labute approximate surface area is 132 Å². The number of hydrogen-bond donors (Lipinski definition) is 2. The summed E-state index contributed by atoms with van der Waals surface area (Å²) in [5.74, 6) is -1.49. The van der Waals surface area contributed by atoms with E-state index < -0.39 is 11.6 Å². The number of nitrogens with one attached hydrogen (secondary N) is 2. The molecule has 0 unspecified atom stereocenters. The number of hydrogen-bond acceptors (Lipinski definition) is 3. The lowest BCUT2D eigenvalue weighted by Gasteiger charge is -2.11. The molecule has 2 rings (SSSR count). The van der Waals surface area contributed by atoms with Crippen LogP contribution in [0, 0.1) is 11.6 Å². The number of benzene rings is 1. The fraction of sp³-hybridized carbons (Fsp3) is 0.154. The van der Waals surface area contributed by atoms with Gasteiger partial charge in [-0.25, -0.2) is 13.8 Å². The van der Waals surface area contributed by atoms with Crippen LogP contribution in [0.5, 0.6) is 0 Å². The Morgan fingerprint density at radius 1 is 1.10 bits per heavy atom. The molecule has 20 heavy (non-hydrogen) atoms. The summed E-state index contributed by atoms with van der Waals surface area (Å²) in [4.78, 5) is 3.92. The predicted octanol–water partition coefficient (Wildman–Crippen LogP) is 5.06. The maximum atomic E-state index is 13.8. The van der Waals surface area contributed by atoms with Gasteiger partial charge in [0.25, 0.3) is 0 Å². The standard InChI is InChI=1S/C13H11Br2F2N3/c1-2-18-12-9(16)6-10(17)13(20-12)19-11-4-3-7(14)5-8(11)15/h3-6H,2H2,1H3,(H2,18,19,20). The molecule has 1 heterocycles. The molecule has 0 saturated heterocycles. The van der Waals surface area contributed by atoms with Crippen LogP contribution in [-0.2, 0) is 0 Å². The molecule has 0 atom stereocenters. The SMILES string of the molecule is CCNc1nc(Nc2ccc(Br)cc2Br)c(F)cc1F. The second-order valence-corrected chi connectivity index (χ2v) is 5.70. The zero-order chi connectivity index (χ0) is 14.7. The Bertz CT molecular complexity index is 635. The van der Waals surface area contributed by atoms with Gasteiger partial charge in [-0.2, -0.15) is 0 Å². The lowest BCUT2D eigenvalue weighted by atomic mass is 10.3. The van der Waals surface area contributed by atoms with Crippen molar-refractivity contribution >= 4 is 49.2 Å². The summed E-state index contributed by atoms with van der Waals surface area (Å²) < 4.78 is 28.9. The minimum Gasteiger partial charge on any atom is -0.368 e. The summed E-state index contributed by atoms with van der Waals surface area (Å²) in [6.45, 7) is 2.31. The molecule has 7 heteroatoms. The predicted molar refractivity (Wildman–Crippen MR) is 83.4 cm³/mol. The van der Waals surface area contributed by atoms with E-state index in [4.69, 9.17) is 0 Å². The molecule has 0 amide bonds. The zero-order valence-corrected chi connectivity index (χ0v) is 13.6. The maximum Gasteiger partial charge on any atom is 0.169 e. The number of anilines is 3. The lowest BCUT2D eigenvalue weighted by Crippen LogP contribution is -2.06. The first-order valence-corrected chi connectivity index (χ1v) is 7.42. The highest BCUT2D eigenvalue weighted by molar-refractivity contribution is 9.11. The fourth-order valence-corrected chi connectivity index (χ4v) is 2.71. The summed E-state index contributed by atoms with van der Waals surface area (Å²) in [5, 5.41) is 5.57. The molecule has 0 fully saturated rings. The van der Waals surface area contributed by atoms with Crippen LogP contribution in [0.3, 0.4) is 0 Å². The van der Waals surface area contributed by atoms with Gasteiger partial charge < -0.3 is 10.6 Å². The summed E-state index contributed by atoms with van der Waals surface area (Å²) in [6, 6.07) is 6.18. The Balaban J connectivity index is 2.35. The van der Waals surface area contributed by atoms with E-state index in [-0.39, 0.29) is 11.6 Å². The van der Waals surface area contributed by atoms with Crippen molar-refractivity contribution in [2.75, 3.05) is 17.2 Å². The molecular formula is C13H11Br2F2N3. The molecule has 106 valence electrons. The second-order valence-electron chi connectivity index (χ2n) is 3.93. The summed E-state index contributed by atoms with van der Waals surface area (Å²) in [6.07, 6.45) is 0. The number of rotatable bonds is 4. The molecule has 2 N–H and O–H groups in total. The molecule has 1 aromatic heterocycles. The van der Waals surface area contributed by atoms with E-state index in [0.29, 0.717) is 12.2 Å². The Hall–Kier alpha value is -1.21. The molecule has 0 spiro atoms. The second kappa shape index (κ2) is 6.49. The molecule has 0 bridgehead atoms. The highest BCUT2D eigenvalue weighted by Gasteiger charge is 2.12. The van der Waals surface area contributed by atoms with Crippen molar-refractivity contribution in [1.82, 2.24) is 4.98 Å². The van der Waals surface area contributed by atoms with E-state index in [1.807, 2.05) is 13.0 Å². The van der Waals surface area contributed by atoms with Gasteiger partial charge in [0, 0.05) is 21.6 Å². The molecular weight excluding hydrogens is 396 g/mol. The zero-order valence-electron chi connectivity index (χ0n) is 10.5. The van der Waals surface area contributed by atoms with Crippen LogP contribution in [0.25, 0.3) is 0 Å². The van der Waals surface area contributed by atoms with Crippen LogP contribution in [0.4, 0.5) is 26.1 Å². The third-order valence-corrected chi connectivity index (χ3v) is 3.61. The Morgan fingerprint density at radius 2 is 1.80 bits per heavy atom. The molecule has 0 aliphatic carbocycles. The van der Waals surface area contributed by atoms with Crippen LogP contribution in [0.1, 0.15) is 6.92 Å². The van der Waals surface area contributed by atoms with Gasteiger partial charge in [-0.3, -0.25) is 0 Å². The molecule has 0 aliphatic heterocycles. The van der Waals surface area contributed by atoms with Crippen LogP contribution < -0.4 is 10.6 Å². The quantitative estimate of drug-likeness (QED) is 0.744. The Morgan fingerprint density at radius 3 is 2.45 bits per heavy atom. The van der Waals surface area contributed by atoms with Crippen molar-refractivity contribution in [1.29, 1.82) is 0 Å². The molecule has 0 radical (unpaired) electrons. The lowest BCUT2D eigenvalue weighted by molar-refractivity contribution is 0.579. The van der Waals surface area contributed by atoms with Gasteiger partial charge in [0.15, 0.2) is 23.3 Å². The normalized spacial score (nSPS) is 10.4. The fourth-order valence-electron chi connectivity index (χ4n) is 1.56. The molecule has 1 aromatic carbocycles. The van der Waals surface area contributed by atoms with E-state index in [1.54, 1.807) is 12.1 Å². The van der Waals surface area contributed by atoms with E-state index >= 15 is 0 Å². The highest BCUT2D eigenvalue weighted by Crippen LogP contribution is 2.30. The van der Waals surface area contributed by atoms with Crippen LogP contribution >= 0.6 is 31.9 Å². The first-order chi connectivity index (χ1) is 9.51. The van der Waals surface area contributed by atoms with Gasteiger partial charge in [-0.05, 0) is 41.1 Å². The van der Waals surface area contributed by atoms with Crippen LogP contribution in [0.2, 0.25) is 0 Å². The molecule has 2 aromatic rings. The van der Waals surface area contributed by atoms with Crippen LogP contribution in [0.15, 0.2) is 33.2 Å². The third kappa shape index (κ3) is 3.46. The van der Waals surface area contributed by atoms with E-state index in [2.05, 4.69) is 47.5 Å². The summed E-state index contributed by atoms with van der Waals surface area (Å²) >= 11 is 6.69. The first-order valence-electron chi connectivity index (χ1n) is 5.83. The molecule has 3 nitrogen and oxygen atoms in total. The van der Waals surface area contributed by atoms with Gasteiger partial charge >= 0.3 is 0 Å². The smallest absolute Gasteiger partial charge is 0.169 e. The van der Waals surface area contributed by atoms with Crippen LogP contribution in [-0.4, -0.2) is 11.5 Å². The van der Waals surface area contributed by atoms with Crippen molar-refractivity contribution in [3.8, 4) is 0 Å². The van der Waals surface area contributed by atoms with E-state index in [9.17, 15) is 8.78 Å². The van der Waals surface area contributed by atoms with Crippen molar-refractivity contribution < 1.29 is 8.78 Å². The molecule has 0 saturated carbocycles. The summed E-state index contributed by atoms with van der Waals surface area (Å²) in [7, 11) is 0. The Kier molecular flexibility index (Phi) is 4.93. The van der Waals surface area contributed by atoms with Gasteiger partial charge in [-0.1, -0.05) is 15.9 Å². The van der Waals surface area contributed by atoms with Crippen molar-refractivity contribution in [3.05, 3.63) is 44.8 Å². The third-order valence-electron chi connectivity index (χ3n) is 2.46.